The van der Waals surface area contributed by atoms with E-state index in [0.29, 0.717) is 0 Å². The van der Waals surface area contributed by atoms with Gasteiger partial charge in [-0.3, -0.25) is 9.78 Å². The van der Waals surface area contributed by atoms with Crippen LogP contribution in [0.25, 0.3) is 0 Å². The van der Waals surface area contributed by atoms with E-state index in [1.165, 1.54) is 0 Å². The molecule has 0 aliphatic rings. The summed E-state index contributed by atoms with van der Waals surface area (Å²) in [6.45, 7) is 1.74. The number of halogens is 4. The van der Waals surface area contributed by atoms with Gasteiger partial charge in [-0.1, -0.05) is 11.6 Å². The van der Waals surface area contributed by atoms with Gasteiger partial charge in [-0.15, -0.1) is 0 Å². The van der Waals surface area contributed by atoms with Crippen molar-refractivity contribution in [1.29, 1.82) is 0 Å². The van der Waals surface area contributed by atoms with Crippen LogP contribution < -0.4 is 0 Å². The molecule has 0 N–H and O–H groups in total. The summed E-state index contributed by atoms with van der Waals surface area (Å²) < 4.78 is 42.1. The van der Waals surface area contributed by atoms with Crippen LogP contribution in [-0.2, 0) is 22.1 Å². The van der Waals surface area contributed by atoms with E-state index in [0.717, 1.165) is 12.3 Å². The van der Waals surface area contributed by atoms with Crippen LogP contribution in [-0.4, -0.2) is 17.6 Å². The van der Waals surface area contributed by atoms with Gasteiger partial charge in [-0.05, 0) is 13.0 Å². The van der Waals surface area contributed by atoms with Crippen molar-refractivity contribution in [3.63, 3.8) is 0 Å². The zero-order chi connectivity index (χ0) is 13.1. The van der Waals surface area contributed by atoms with E-state index >= 15 is 0 Å². The molecule has 0 atom stereocenters. The Hall–Kier alpha value is -1.30. The molecule has 1 aromatic heterocycles. The topological polar surface area (TPSA) is 39.2 Å². The molecule has 0 aromatic carbocycles. The molecular weight excluding hydrogens is 259 g/mol. The molecule has 0 aliphatic carbocycles. The lowest BCUT2D eigenvalue weighted by Crippen LogP contribution is -2.12. The smallest absolute Gasteiger partial charge is 0.417 e. The van der Waals surface area contributed by atoms with Crippen LogP contribution in [0.5, 0.6) is 0 Å². The Morgan fingerprint density at radius 1 is 1.53 bits per heavy atom. The van der Waals surface area contributed by atoms with Crippen LogP contribution in [0.4, 0.5) is 13.2 Å². The van der Waals surface area contributed by atoms with Crippen molar-refractivity contribution < 1.29 is 22.7 Å². The second kappa shape index (κ2) is 5.35. The Bertz CT molecular complexity index is 421. The minimum absolute atomic E-state index is 0.139. The van der Waals surface area contributed by atoms with E-state index in [2.05, 4.69) is 9.72 Å². The standard InChI is InChI=1S/C10H9ClF3NO2/c1-2-17-8(16)5-7-9(11)6(3-4-15-7)10(12,13)14/h3-4H,2,5H2,1H3. The zero-order valence-electron chi connectivity index (χ0n) is 8.84. The first-order valence-corrected chi connectivity index (χ1v) is 5.10. The lowest BCUT2D eigenvalue weighted by Gasteiger charge is -2.11. The van der Waals surface area contributed by atoms with Crippen LogP contribution in [0.1, 0.15) is 18.2 Å². The van der Waals surface area contributed by atoms with Gasteiger partial charge in [-0.25, -0.2) is 0 Å². The van der Waals surface area contributed by atoms with Gasteiger partial charge in [0, 0.05) is 6.20 Å². The van der Waals surface area contributed by atoms with E-state index < -0.39 is 22.7 Å². The number of hydrogen-bond acceptors (Lipinski definition) is 3. The highest BCUT2D eigenvalue weighted by Crippen LogP contribution is 2.35. The van der Waals surface area contributed by atoms with Crippen molar-refractivity contribution in [2.24, 2.45) is 0 Å². The molecule has 1 rings (SSSR count). The first-order chi connectivity index (χ1) is 7.86. The average molecular weight is 268 g/mol. The molecule has 1 aromatic rings. The van der Waals surface area contributed by atoms with E-state index in [-0.39, 0.29) is 18.7 Å². The van der Waals surface area contributed by atoms with Gasteiger partial charge in [0.15, 0.2) is 0 Å². The van der Waals surface area contributed by atoms with E-state index in [9.17, 15) is 18.0 Å². The minimum atomic E-state index is -4.57. The summed E-state index contributed by atoms with van der Waals surface area (Å²) in [5.41, 5.74) is -1.14. The maximum atomic E-state index is 12.5. The van der Waals surface area contributed by atoms with Crippen LogP contribution in [0, 0.1) is 0 Å². The van der Waals surface area contributed by atoms with Gasteiger partial charge in [0.2, 0.25) is 0 Å². The molecular formula is C10H9ClF3NO2. The van der Waals surface area contributed by atoms with Crippen molar-refractivity contribution in [3.8, 4) is 0 Å². The highest BCUT2D eigenvalue weighted by atomic mass is 35.5. The molecule has 0 spiro atoms. The summed E-state index contributed by atoms with van der Waals surface area (Å²) in [7, 11) is 0. The van der Waals surface area contributed by atoms with Gasteiger partial charge >= 0.3 is 12.1 Å². The van der Waals surface area contributed by atoms with Crippen LogP contribution in [0.3, 0.4) is 0 Å². The third-order valence-electron chi connectivity index (χ3n) is 1.88. The van der Waals surface area contributed by atoms with Crippen LogP contribution >= 0.6 is 11.6 Å². The molecule has 7 heteroatoms. The van der Waals surface area contributed by atoms with Crippen molar-refractivity contribution in [2.75, 3.05) is 6.61 Å². The Labute approximate surface area is 101 Å². The number of ether oxygens (including phenoxy) is 1. The molecule has 94 valence electrons. The van der Waals surface area contributed by atoms with Gasteiger partial charge in [0.25, 0.3) is 0 Å². The number of rotatable bonds is 3. The van der Waals surface area contributed by atoms with E-state index in [1.807, 2.05) is 0 Å². The molecule has 0 saturated heterocycles. The minimum Gasteiger partial charge on any atom is -0.466 e. The predicted octanol–water partition coefficient (Wildman–Crippen LogP) is 2.86. The van der Waals surface area contributed by atoms with Crippen LogP contribution in [0.2, 0.25) is 5.02 Å². The highest BCUT2D eigenvalue weighted by Gasteiger charge is 2.34. The largest absolute Gasteiger partial charge is 0.466 e. The molecule has 0 saturated carbocycles. The third-order valence-corrected chi connectivity index (χ3v) is 2.31. The highest BCUT2D eigenvalue weighted by molar-refractivity contribution is 6.32. The number of nitrogens with zero attached hydrogens (tertiary/aromatic N) is 1. The van der Waals surface area contributed by atoms with Crippen molar-refractivity contribution in [3.05, 3.63) is 28.5 Å². The Morgan fingerprint density at radius 3 is 2.71 bits per heavy atom. The number of esters is 1. The summed E-state index contributed by atoms with van der Waals surface area (Å²) in [6, 6.07) is 0.761. The molecule has 0 aliphatic heterocycles. The first-order valence-electron chi connectivity index (χ1n) is 4.72. The molecule has 0 radical (unpaired) electrons. The van der Waals surface area contributed by atoms with Crippen molar-refractivity contribution in [2.45, 2.75) is 19.5 Å². The number of pyridine rings is 1. The van der Waals surface area contributed by atoms with Crippen molar-refractivity contribution in [1.82, 2.24) is 4.98 Å². The normalized spacial score (nSPS) is 11.4. The Morgan fingerprint density at radius 2 is 2.18 bits per heavy atom. The Kier molecular flexibility index (Phi) is 4.34. The fourth-order valence-electron chi connectivity index (χ4n) is 1.18. The molecule has 1 heterocycles. The first kappa shape index (κ1) is 13.8. The summed E-state index contributed by atoms with van der Waals surface area (Å²) in [4.78, 5) is 14.8. The van der Waals surface area contributed by atoms with Gasteiger partial charge in [-0.2, -0.15) is 13.2 Å². The molecule has 3 nitrogen and oxygen atoms in total. The van der Waals surface area contributed by atoms with Gasteiger partial charge in [0.05, 0.1) is 29.3 Å². The van der Waals surface area contributed by atoms with E-state index in [4.69, 9.17) is 11.6 Å². The summed E-state index contributed by atoms with van der Waals surface area (Å²) in [5.74, 6) is -0.666. The molecule has 0 fully saturated rings. The quantitative estimate of drug-likeness (QED) is 0.791. The number of carbonyl (C=O) groups is 1. The predicted molar refractivity (Wildman–Crippen MR) is 54.6 cm³/mol. The summed E-state index contributed by atoms with van der Waals surface area (Å²) >= 11 is 5.55. The number of carbonyl (C=O) groups excluding carboxylic acids is 1. The lowest BCUT2D eigenvalue weighted by molar-refractivity contribution is -0.142. The monoisotopic (exact) mass is 267 g/mol. The maximum Gasteiger partial charge on any atom is 0.417 e. The fourth-order valence-corrected chi connectivity index (χ4v) is 1.46. The number of alkyl halides is 3. The number of aromatic nitrogens is 1. The fraction of sp³-hybridized carbons (Fsp3) is 0.400. The maximum absolute atomic E-state index is 12.5. The zero-order valence-corrected chi connectivity index (χ0v) is 9.60. The second-order valence-electron chi connectivity index (χ2n) is 3.10. The Balaban J connectivity index is 2.99. The van der Waals surface area contributed by atoms with Gasteiger partial charge < -0.3 is 4.74 Å². The third kappa shape index (κ3) is 3.59. The molecule has 17 heavy (non-hydrogen) atoms. The number of hydrogen-bond donors (Lipinski definition) is 0. The van der Waals surface area contributed by atoms with E-state index in [1.54, 1.807) is 6.92 Å². The SMILES string of the molecule is CCOC(=O)Cc1nccc(C(F)(F)F)c1Cl. The summed E-state index contributed by atoms with van der Waals surface area (Å²) in [6.07, 6.45) is -3.98. The second-order valence-corrected chi connectivity index (χ2v) is 3.48. The molecule has 0 amide bonds. The lowest BCUT2D eigenvalue weighted by atomic mass is 10.2. The summed E-state index contributed by atoms with van der Waals surface area (Å²) in [5, 5.41) is -0.562. The molecule has 0 unspecified atom stereocenters. The van der Waals surface area contributed by atoms with Crippen LogP contribution in [0.15, 0.2) is 12.3 Å². The van der Waals surface area contributed by atoms with Gasteiger partial charge in [0.1, 0.15) is 0 Å². The average Bonchev–Trinajstić information content (AvgIpc) is 2.19. The molecule has 0 bridgehead atoms. The van der Waals surface area contributed by atoms with Crippen molar-refractivity contribution >= 4 is 17.6 Å².